The van der Waals surface area contributed by atoms with Crippen molar-refractivity contribution in [3.8, 4) is 16.9 Å². The largest absolute Gasteiger partial charge is 0.336 e. The summed E-state index contributed by atoms with van der Waals surface area (Å²) in [7, 11) is 0. The zero-order valence-electron chi connectivity index (χ0n) is 16.8. The van der Waals surface area contributed by atoms with E-state index in [4.69, 9.17) is 0 Å². The first-order valence-corrected chi connectivity index (χ1v) is 10.1. The fourth-order valence-electron chi connectivity index (χ4n) is 3.73. The molecule has 4 aromatic rings. The van der Waals surface area contributed by atoms with Crippen molar-refractivity contribution in [3.05, 3.63) is 76.2 Å². The Bertz CT molecular complexity index is 1370. The predicted molar refractivity (Wildman–Crippen MR) is 114 cm³/mol. The quantitative estimate of drug-likeness (QED) is 0.513. The maximum absolute atomic E-state index is 14.2. The predicted octanol–water partition coefficient (Wildman–Crippen LogP) is 2.10. The van der Waals surface area contributed by atoms with Crippen molar-refractivity contribution in [2.24, 2.45) is 0 Å². The minimum atomic E-state index is -1.04. The molecular weight excluding hydrogens is 418 g/mol. The van der Waals surface area contributed by atoms with Crippen LogP contribution in [0.4, 0.5) is 8.78 Å². The lowest BCUT2D eigenvalue weighted by molar-refractivity contribution is 0.0736. The molecule has 1 fully saturated rings. The molecule has 10 heteroatoms. The summed E-state index contributed by atoms with van der Waals surface area (Å²) >= 11 is 0. The number of rotatable bonds is 3. The average molecular weight is 436 g/mol. The lowest BCUT2D eigenvalue weighted by Gasteiger charge is -2.27. The Morgan fingerprint density at radius 1 is 1.03 bits per heavy atom. The second-order valence-corrected chi connectivity index (χ2v) is 7.47. The topological polar surface area (TPSA) is 95.9 Å². The van der Waals surface area contributed by atoms with Crippen molar-refractivity contribution in [2.45, 2.75) is 0 Å². The van der Waals surface area contributed by atoms with Crippen LogP contribution in [-0.4, -0.2) is 57.0 Å². The number of nitrogens with one attached hydrogen (secondary N) is 2. The van der Waals surface area contributed by atoms with Gasteiger partial charge in [-0.15, -0.1) is 5.10 Å². The van der Waals surface area contributed by atoms with Gasteiger partial charge in [-0.25, -0.2) is 13.5 Å². The molecular formula is C22H18F2N6O2. The Balaban J connectivity index is 1.44. The smallest absolute Gasteiger partial charge is 0.258 e. The molecule has 2 N–H and O–H groups in total. The molecule has 2 aromatic carbocycles. The van der Waals surface area contributed by atoms with Gasteiger partial charge in [0.2, 0.25) is 0 Å². The van der Waals surface area contributed by atoms with Crippen molar-refractivity contribution in [2.75, 3.05) is 26.2 Å². The van der Waals surface area contributed by atoms with Crippen LogP contribution in [0.25, 0.3) is 27.8 Å². The molecule has 1 amide bonds. The number of aromatic nitrogens is 4. The van der Waals surface area contributed by atoms with Crippen molar-refractivity contribution < 1.29 is 13.6 Å². The minimum absolute atomic E-state index is 0.0331. The third kappa shape index (κ3) is 3.54. The third-order valence-corrected chi connectivity index (χ3v) is 5.47. The zero-order valence-corrected chi connectivity index (χ0v) is 16.8. The molecule has 0 saturated carbocycles. The highest BCUT2D eigenvalue weighted by atomic mass is 19.2. The highest BCUT2D eigenvalue weighted by Gasteiger charge is 2.18. The first kappa shape index (κ1) is 20.0. The van der Waals surface area contributed by atoms with E-state index in [0.29, 0.717) is 24.3 Å². The van der Waals surface area contributed by atoms with Gasteiger partial charge >= 0.3 is 0 Å². The summed E-state index contributed by atoms with van der Waals surface area (Å²) in [5.41, 5.74) is 1.17. The summed E-state index contributed by atoms with van der Waals surface area (Å²) in [4.78, 5) is 29.4. The molecule has 5 rings (SSSR count). The van der Waals surface area contributed by atoms with Crippen LogP contribution in [0.3, 0.4) is 0 Å². The van der Waals surface area contributed by atoms with Gasteiger partial charge in [0.15, 0.2) is 11.6 Å². The number of halogens is 2. The average Bonchev–Trinajstić information content (AvgIpc) is 3.31. The van der Waals surface area contributed by atoms with Gasteiger partial charge in [-0.3, -0.25) is 9.59 Å². The molecule has 1 aliphatic rings. The van der Waals surface area contributed by atoms with Crippen molar-refractivity contribution in [1.82, 2.24) is 30.2 Å². The van der Waals surface area contributed by atoms with Gasteiger partial charge in [-0.1, -0.05) is 5.21 Å². The molecule has 162 valence electrons. The first-order valence-electron chi connectivity index (χ1n) is 10.1. The number of nitrogens with zero attached hydrogens (tertiary/aromatic N) is 4. The Hall–Kier alpha value is -3.92. The molecule has 0 bridgehead atoms. The van der Waals surface area contributed by atoms with Gasteiger partial charge in [0.1, 0.15) is 5.69 Å². The summed E-state index contributed by atoms with van der Waals surface area (Å²) in [5.74, 6) is -2.08. The molecule has 0 atom stereocenters. The Kier molecular flexibility index (Phi) is 4.98. The van der Waals surface area contributed by atoms with Crippen LogP contribution >= 0.6 is 0 Å². The van der Waals surface area contributed by atoms with Gasteiger partial charge in [0.25, 0.3) is 11.5 Å². The molecule has 1 aliphatic heterocycles. The maximum atomic E-state index is 14.2. The summed E-state index contributed by atoms with van der Waals surface area (Å²) in [6, 6.07) is 10.4. The monoisotopic (exact) mass is 436 g/mol. The Labute approximate surface area is 180 Å². The van der Waals surface area contributed by atoms with Crippen LogP contribution in [0.5, 0.6) is 0 Å². The number of carbonyl (C=O) groups excluding carboxylic acids is 1. The molecule has 2 aromatic heterocycles. The summed E-state index contributed by atoms with van der Waals surface area (Å²) in [6.07, 6.45) is 1.51. The van der Waals surface area contributed by atoms with Crippen LogP contribution < -0.4 is 10.9 Å². The number of aromatic amines is 1. The Morgan fingerprint density at radius 2 is 1.78 bits per heavy atom. The minimum Gasteiger partial charge on any atom is -0.336 e. The highest BCUT2D eigenvalue weighted by molar-refractivity contribution is 5.94. The van der Waals surface area contributed by atoms with E-state index in [1.165, 1.54) is 23.0 Å². The second-order valence-electron chi connectivity index (χ2n) is 7.47. The SMILES string of the molecule is O=C(c1ccc(-n2cc(-c3cc4c(F)c(F)ccc4[nH]c3=O)nn2)cc1)N1CCNCC1. The third-order valence-electron chi connectivity index (χ3n) is 5.47. The normalized spacial score (nSPS) is 14.1. The number of hydrogen-bond acceptors (Lipinski definition) is 5. The number of H-pyrrole nitrogens is 1. The number of pyridine rings is 1. The number of amides is 1. The first-order chi connectivity index (χ1) is 15.5. The summed E-state index contributed by atoms with van der Waals surface area (Å²) in [6.45, 7) is 2.88. The van der Waals surface area contributed by atoms with Gasteiger partial charge < -0.3 is 15.2 Å². The van der Waals surface area contributed by atoms with E-state index in [2.05, 4.69) is 20.6 Å². The van der Waals surface area contributed by atoms with Crippen LogP contribution in [0.15, 0.2) is 53.5 Å². The molecule has 1 saturated heterocycles. The number of fused-ring (bicyclic) bond motifs is 1. The van der Waals surface area contributed by atoms with Gasteiger partial charge in [0.05, 0.1) is 23.0 Å². The Morgan fingerprint density at radius 3 is 2.53 bits per heavy atom. The van der Waals surface area contributed by atoms with Crippen molar-refractivity contribution >= 4 is 16.8 Å². The van der Waals surface area contributed by atoms with Crippen LogP contribution in [0.1, 0.15) is 10.4 Å². The number of benzene rings is 2. The van der Waals surface area contributed by atoms with Crippen molar-refractivity contribution in [1.29, 1.82) is 0 Å². The molecule has 0 unspecified atom stereocenters. The molecule has 0 aliphatic carbocycles. The van der Waals surface area contributed by atoms with E-state index in [1.54, 1.807) is 29.2 Å². The van der Waals surface area contributed by atoms with E-state index < -0.39 is 17.2 Å². The van der Waals surface area contributed by atoms with Crippen LogP contribution in [-0.2, 0) is 0 Å². The lowest BCUT2D eigenvalue weighted by atomic mass is 10.1. The van der Waals surface area contributed by atoms with E-state index >= 15 is 0 Å². The summed E-state index contributed by atoms with van der Waals surface area (Å²) in [5, 5.41) is 11.2. The molecule has 3 heterocycles. The van der Waals surface area contributed by atoms with E-state index in [0.717, 1.165) is 19.2 Å². The molecule has 32 heavy (non-hydrogen) atoms. The summed E-state index contributed by atoms with van der Waals surface area (Å²) < 4.78 is 29.2. The molecule has 0 spiro atoms. The van der Waals surface area contributed by atoms with E-state index in [9.17, 15) is 18.4 Å². The number of hydrogen-bond donors (Lipinski definition) is 2. The fourth-order valence-corrected chi connectivity index (χ4v) is 3.73. The van der Waals surface area contributed by atoms with E-state index in [1.807, 2.05) is 0 Å². The van der Waals surface area contributed by atoms with Crippen LogP contribution in [0, 0.1) is 11.6 Å². The fraction of sp³-hybridized carbons (Fsp3) is 0.182. The van der Waals surface area contributed by atoms with Gasteiger partial charge in [-0.05, 0) is 42.5 Å². The van der Waals surface area contributed by atoms with Gasteiger partial charge in [-0.2, -0.15) is 0 Å². The maximum Gasteiger partial charge on any atom is 0.258 e. The van der Waals surface area contributed by atoms with E-state index in [-0.39, 0.29) is 28.1 Å². The molecule has 0 radical (unpaired) electrons. The lowest BCUT2D eigenvalue weighted by Crippen LogP contribution is -2.46. The van der Waals surface area contributed by atoms with Crippen molar-refractivity contribution in [3.63, 3.8) is 0 Å². The number of carbonyl (C=O) groups is 1. The second kappa shape index (κ2) is 7.97. The molecule has 8 nitrogen and oxygen atoms in total. The number of piperazine rings is 1. The zero-order chi connectivity index (χ0) is 22.2. The standard InChI is InChI=1S/C22H18F2N6O2/c23-17-5-6-18-15(20(17)24)11-16(21(31)26-18)19-12-30(28-27-19)14-3-1-13(2-4-14)22(32)29-9-7-25-8-10-29/h1-6,11-12,25H,7-10H2,(H,26,31). The van der Waals surface area contributed by atoms with Gasteiger partial charge in [0, 0.05) is 37.1 Å². The highest BCUT2D eigenvalue weighted by Crippen LogP contribution is 2.22. The van der Waals surface area contributed by atoms with Crippen LogP contribution in [0.2, 0.25) is 0 Å².